The Morgan fingerprint density at radius 1 is 0.951 bits per heavy atom. The summed E-state index contributed by atoms with van der Waals surface area (Å²) >= 11 is 0. The van der Waals surface area contributed by atoms with E-state index >= 15 is 0 Å². The molecule has 16 heteroatoms. The number of carbonyl (C=O) groups is 3. The van der Waals surface area contributed by atoms with Crippen LogP contribution in [0, 0.1) is 11.8 Å². The summed E-state index contributed by atoms with van der Waals surface area (Å²) in [5.41, 5.74) is 3.46. The molecule has 4 heterocycles. The van der Waals surface area contributed by atoms with Crippen molar-refractivity contribution in [1.29, 1.82) is 0 Å². The number of likely N-dealkylation sites (tertiary alicyclic amines) is 1. The number of ether oxygens (including phenoxy) is 2. The van der Waals surface area contributed by atoms with E-state index in [1.54, 1.807) is 47.5 Å². The number of alkyl halides is 3. The molecule has 13 nitrogen and oxygen atoms in total. The van der Waals surface area contributed by atoms with E-state index in [4.69, 9.17) is 4.74 Å². The number of imidazole rings is 1. The minimum atomic E-state index is -4.99. The number of aromatic nitrogens is 3. The van der Waals surface area contributed by atoms with E-state index in [0.29, 0.717) is 41.5 Å². The third-order valence-electron chi connectivity index (χ3n) is 11.7. The second-order valence-electron chi connectivity index (χ2n) is 16.2. The summed E-state index contributed by atoms with van der Waals surface area (Å²) in [6, 6.07) is 13.7. The van der Waals surface area contributed by atoms with Crippen LogP contribution in [0.15, 0.2) is 79.3 Å². The fourth-order valence-electron chi connectivity index (χ4n) is 7.98. The number of alkyl carbamates (subject to hydrolysis) is 1. The van der Waals surface area contributed by atoms with Gasteiger partial charge in [-0.1, -0.05) is 58.5 Å². The van der Waals surface area contributed by atoms with Gasteiger partial charge in [-0.2, -0.15) is 0 Å². The average Bonchev–Trinajstić information content (AvgIpc) is 3.93. The van der Waals surface area contributed by atoms with E-state index in [1.807, 2.05) is 13.8 Å². The highest BCUT2D eigenvalue weighted by molar-refractivity contribution is 6.04. The molecular weight excluding hydrogens is 790 g/mol. The number of nitrogens with zero attached hydrogens (tertiary/aromatic N) is 5. The van der Waals surface area contributed by atoms with Gasteiger partial charge in [0.05, 0.1) is 30.6 Å². The number of anilines is 2. The molecule has 0 aliphatic carbocycles. The van der Waals surface area contributed by atoms with Crippen molar-refractivity contribution in [3.05, 3.63) is 90.7 Å². The molecule has 2 aliphatic rings. The molecule has 3 N–H and O–H groups in total. The quantitative estimate of drug-likeness (QED) is 0.120. The van der Waals surface area contributed by atoms with Gasteiger partial charge in [0.25, 0.3) is 5.91 Å². The van der Waals surface area contributed by atoms with E-state index in [9.17, 15) is 27.6 Å². The van der Waals surface area contributed by atoms with Gasteiger partial charge >= 0.3 is 12.5 Å². The molecule has 0 saturated carbocycles. The molecule has 0 bridgehead atoms. The number of amides is 3. The Kier molecular flexibility index (Phi) is 13.6. The van der Waals surface area contributed by atoms with Gasteiger partial charge in [-0.05, 0) is 80.3 Å². The lowest BCUT2D eigenvalue weighted by Gasteiger charge is -2.47. The Labute approximate surface area is 354 Å². The molecular formula is C45H55F3N8O5. The summed E-state index contributed by atoms with van der Waals surface area (Å²) < 4.78 is 50.3. The standard InChI is InChI=1S/C45H55F3N8O5/c1-9-27(4)30(7)55-24-29(6)56(25-28(55)5)39-19-16-33(22-49-39)42(57)51-34-17-18-35(38(21-34)61-45(46,47)48)31-12-14-32(15-13-31)36-23-50-41(52-36)37-11-10-20-54(37)43(58)40(26(2)3)53-44(59)60-8/h12-19,21-23,26-29,37,40H,7,9-11,20,24-25H2,1-6,8H3,(H,50,52)(H,51,57)(H,53,59)/t27?,28-,29+,37-,40-/m0/s1. The van der Waals surface area contributed by atoms with Crippen molar-refractivity contribution < 1.29 is 37.0 Å². The smallest absolute Gasteiger partial charge is 0.453 e. The van der Waals surface area contributed by atoms with Gasteiger partial charge in [0, 0.05) is 60.9 Å². The van der Waals surface area contributed by atoms with Crippen LogP contribution in [0.2, 0.25) is 0 Å². The zero-order chi connectivity index (χ0) is 44.2. The van der Waals surface area contributed by atoms with Gasteiger partial charge in [-0.15, -0.1) is 13.2 Å². The van der Waals surface area contributed by atoms with Crippen LogP contribution >= 0.6 is 0 Å². The number of H-pyrrole nitrogens is 1. The number of allylic oxidation sites excluding steroid dienone is 1. The summed E-state index contributed by atoms with van der Waals surface area (Å²) in [7, 11) is 1.25. The third-order valence-corrected chi connectivity index (χ3v) is 11.7. The maximum absolute atomic E-state index is 13.7. The fourth-order valence-corrected chi connectivity index (χ4v) is 7.98. The third kappa shape index (κ3) is 10.3. The first-order valence-corrected chi connectivity index (χ1v) is 20.7. The molecule has 1 unspecified atom stereocenters. The molecule has 0 radical (unpaired) electrons. The summed E-state index contributed by atoms with van der Waals surface area (Å²) in [5.74, 6) is 0.272. The molecule has 6 rings (SSSR count). The Balaban J connectivity index is 1.14. The fraction of sp³-hybridized carbons (Fsp3) is 0.444. The van der Waals surface area contributed by atoms with E-state index in [1.165, 1.54) is 25.4 Å². The first-order chi connectivity index (χ1) is 29.0. The molecule has 2 saturated heterocycles. The van der Waals surface area contributed by atoms with Gasteiger partial charge in [0.1, 0.15) is 23.4 Å². The lowest BCUT2D eigenvalue weighted by Crippen LogP contribution is -2.56. The summed E-state index contributed by atoms with van der Waals surface area (Å²) in [4.78, 5) is 57.6. The van der Waals surface area contributed by atoms with Crippen molar-refractivity contribution in [3.63, 3.8) is 0 Å². The SMILES string of the molecule is C=C(C(C)CC)N1C[C@@H](C)N(c2ccc(C(=O)Nc3ccc(-c4ccc(-c5cnc([C@@H]6CCCN6C(=O)[C@@H](NC(=O)OC)C(C)C)[nH]5)cc4)c(OC(F)(F)F)c3)cn2)C[C@@H]1C. The predicted octanol–water partition coefficient (Wildman–Crippen LogP) is 8.79. The molecule has 326 valence electrons. The number of carbonyl (C=O) groups excluding carboxylic acids is 3. The van der Waals surface area contributed by atoms with Gasteiger partial charge in [0.2, 0.25) is 5.91 Å². The Morgan fingerprint density at radius 3 is 2.31 bits per heavy atom. The van der Waals surface area contributed by atoms with Crippen LogP contribution < -0.4 is 20.3 Å². The van der Waals surface area contributed by atoms with Crippen LogP contribution in [0.5, 0.6) is 5.75 Å². The first kappa shape index (κ1) is 44.5. The molecule has 0 spiro atoms. The number of benzene rings is 2. The van der Waals surface area contributed by atoms with E-state index < -0.39 is 30.2 Å². The molecule has 5 atom stereocenters. The zero-order valence-corrected chi connectivity index (χ0v) is 35.7. The number of methoxy groups -OCH3 is 1. The molecule has 4 aromatic rings. The van der Waals surface area contributed by atoms with Crippen LogP contribution in [0.25, 0.3) is 22.4 Å². The monoisotopic (exact) mass is 844 g/mol. The van der Waals surface area contributed by atoms with Gasteiger partial charge in [-0.3, -0.25) is 9.59 Å². The number of hydrogen-bond acceptors (Lipinski definition) is 9. The summed E-state index contributed by atoms with van der Waals surface area (Å²) in [6.45, 7) is 18.7. The van der Waals surface area contributed by atoms with Crippen LogP contribution in [-0.2, 0) is 9.53 Å². The topological polar surface area (TPSA) is 145 Å². The highest BCUT2D eigenvalue weighted by atomic mass is 19.4. The highest BCUT2D eigenvalue weighted by Gasteiger charge is 2.38. The van der Waals surface area contributed by atoms with Crippen LogP contribution in [-0.4, -0.2) is 93.9 Å². The average molecular weight is 845 g/mol. The largest absolute Gasteiger partial charge is 0.573 e. The normalized spacial score (nSPS) is 19.1. The Hall–Kier alpha value is -6.06. The van der Waals surface area contributed by atoms with E-state index in [-0.39, 0.29) is 46.8 Å². The second-order valence-corrected chi connectivity index (χ2v) is 16.2. The lowest BCUT2D eigenvalue weighted by atomic mass is 10.00. The van der Waals surface area contributed by atoms with Crippen LogP contribution in [0.1, 0.15) is 83.0 Å². The van der Waals surface area contributed by atoms with E-state index in [0.717, 1.165) is 43.5 Å². The highest BCUT2D eigenvalue weighted by Crippen LogP contribution is 2.38. The second kappa shape index (κ2) is 18.7. The van der Waals surface area contributed by atoms with Crippen molar-refractivity contribution >= 4 is 29.4 Å². The minimum absolute atomic E-state index is 0.110. The predicted molar refractivity (Wildman–Crippen MR) is 228 cm³/mol. The Bertz CT molecular complexity index is 2190. The number of pyridine rings is 1. The molecule has 2 aromatic carbocycles. The van der Waals surface area contributed by atoms with Crippen LogP contribution in [0.3, 0.4) is 0 Å². The zero-order valence-electron chi connectivity index (χ0n) is 35.7. The summed E-state index contributed by atoms with van der Waals surface area (Å²) in [6.07, 6.45) is -0.119. The van der Waals surface area contributed by atoms with Gasteiger partial charge in [-0.25, -0.2) is 14.8 Å². The molecule has 61 heavy (non-hydrogen) atoms. The molecule has 2 fully saturated rings. The maximum atomic E-state index is 13.7. The number of aromatic amines is 1. The molecule has 2 aromatic heterocycles. The van der Waals surface area contributed by atoms with Crippen molar-refractivity contribution in [3.8, 4) is 28.1 Å². The van der Waals surface area contributed by atoms with Crippen molar-refractivity contribution in [2.24, 2.45) is 11.8 Å². The molecule has 3 amide bonds. The first-order valence-electron chi connectivity index (χ1n) is 20.7. The van der Waals surface area contributed by atoms with Crippen molar-refractivity contribution in [2.45, 2.75) is 91.3 Å². The number of rotatable bonds is 13. The Morgan fingerprint density at radius 2 is 1.67 bits per heavy atom. The van der Waals surface area contributed by atoms with Crippen LogP contribution in [0.4, 0.5) is 29.5 Å². The summed E-state index contributed by atoms with van der Waals surface area (Å²) in [5, 5.41) is 5.32. The van der Waals surface area contributed by atoms with Gasteiger partial charge in [0.15, 0.2) is 0 Å². The number of piperazine rings is 1. The van der Waals surface area contributed by atoms with Gasteiger partial charge < -0.3 is 39.8 Å². The van der Waals surface area contributed by atoms with Crippen molar-refractivity contribution in [2.75, 3.05) is 37.0 Å². The number of nitrogens with one attached hydrogen (secondary N) is 3. The number of halogens is 3. The molecule has 2 aliphatic heterocycles. The van der Waals surface area contributed by atoms with E-state index in [2.05, 4.69) is 74.4 Å². The lowest BCUT2D eigenvalue weighted by molar-refractivity contribution is -0.274. The van der Waals surface area contributed by atoms with Crippen molar-refractivity contribution in [1.82, 2.24) is 30.1 Å². The number of hydrogen-bond donors (Lipinski definition) is 3. The minimum Gasteiger partial charge on any atom is -0.453 e. The maximum Gasteiger partial charge on any atom is 0.573 e.